The van der Waals surface area contributed by atoms with E-state index < -0.39 is 28.5 Å². The topological polar surface area (TPSA) is 87.7 Å². The molecular formula is C24H32FN3O4S. The van der Waals surface area contributed by atoms with Gasteiger partial charge in [-0.1, -0.05) is 50.6 Å². The number of nitrogens with zero attached hydrogens (tertiary/aromatic N) is 1. The number of halogens is 1. The number of hydrogen-bond donors (Lipinski definition) is 2. The Balaban J connectivity index is 0.00000149. The van der Waals surface area contributed by atoms with Crippen LogP contribution in [0.25, 0.3) is 0 Å². The van der Waals surface area contributed by atoms with Crippen LogP contribution in [0.5, 0.6) is 5.75 Å². The molecule has 0 saturated carbocycles. The second kappa shape index (κ2) is 11.5. The molecular weight excluding hydrogens is 445 g/mol. The molecule has 1 unspecified atom stereocenters. The van der Waals surface area contributed by atoms with Crippen molar-refractivity contribution >= 4 is 21.8 Å². The molecule has 2 aliphatic rings. The number of anilines is 1. The van der Waals surface area contributed by atoms with E-state index in [1.165, 1.54) is 6.07 Å². The van der Waals surface area contributed by atoms with Crippen LogP contribution in [0.15, 0.2) is 42.5 Å². The first-order chi connectivity index (χ1) is 15.9. The Bertz CT molecular complexity index is 1040. The van der Waals surface area contributed by atoms with Crippen LogP contribution in [-0.4, -0.2) is 34.0 Å². The van der Waals surface area contributed by atoms with Crippen molar-refractivity contribution in [3.05, 3.63) is 59.4 Å². The lowest BCUT2D eigenvalue weighted by Crippen LogP contribution is -2.30. The SMILES string of the molecule is CC.O=C1CN(c2c(F)cc(CC3CCCCNC3)cc2OCc2ccccc2)S(=O)(=O)N1. The Morgan fingerprint density at radius 1 is 1.12 bits per heavy atom. The molecule has 0 spiro atoms. The van der Waals surface area contributed by atoms with Crippen LogP contribution in [0.1, 0.15) is 44.2 Å². The van der Waals surface area contributed by atoms with Crippen LogP contribution in [0.4, 0.5) is 10.1 Å². The maximum absolute atomic E-state index is 15.3. The van der Waals surface area contributed by atoms with E-state index in [9.17, 15) is 13.2 Å². The van der Waals surface area contributed by atoms with Crippen molar-refractivity contribution in [3.63, 3.8) is 0 Å². The molecule has 1 amide bonds. The standard InChI is InChI=1S/C22H26FN3O4S.C2H6/c23-19-11-18(10-17-8-4-5-9-24-13-17)12-20(30-15-16-6-2-1-3-7-16)22(19)26-14-21(27)25-31(26,28)29;1-2/h1-3,6-7,11-12,17,24H,4-5,8-10,13-15H2,(H,25,27);1-2H3. The highest BCUT2D eigenvalue weighted by Gasteiger charge is 2.38. The molecule has 2 fully saturated rings. The summed E-state index contributed by atoms with van der Waals surface area (Å²) in [4.78, 5) is 11.7. The molecule has 33 heavy (non-hydrogen) atoms. The molecule has 0 aromatic heterocycles. The van der Waals surface area contributed by atoms with Gasteiger partial charge in [0.25, 0.3) is 5.91 Å². The first-order valence-electron chi connectivity index (χ1n) is 11.5. The third kappa shape index (κ3) is 6.45. The second-order valence-electron chi connectivity index (χ2n) is 8.01. The summed E-state index contributed by atoms with van der Waals surface area (Å²) in [7, 11) is -4.16. The third-order valence-corrected chi connectivity index (χ3v) is 6.95. The number of rotatable bonds is 6. The Morgan fingerprint density at radius 3 is 2.58 bits per heavy atom. The Labute approximate surface area is 195 Å². The summed E-state index contributed by atoms with van der Waals surface area (Å²) in [6.07, 6.45) is 3.96. The van der Waals surface area contributed by atoms with Crippen LogP contribution in [0.3, 0.4) is 0 Å². The number of amides is 1. The van der Waals surface area contributed by atoms with Crippen molar-refractivity contribution in [2.75, 3.05) is 23.9 Å². The molecule has 2 saturated heterocycles. The fourth-order valence-electron chi connectivity index (χ4n) is 4.08. The van der Waals surface area contributed by atoms with E-state index in [0.717, 1.165) is 47.8 Å². The molecule has 9 heteroatoms. The number of nitrogens with one attached hydrogen (secondary N) is 2. The average molecular weight is 478 g/mol. The van der Waals surface area contributed by atoms with E-state index >= 15 is 4.39 Å². The number of carbonyl (C=O) groups excluding carboxylic acids is 1. The van der Waals surface area contributed by atoms with Crippen molar-refractivity contribution in [2.24, 2.45) is 5.92 Å². The van der Waals surface area contributed by atoms with E-state index in [0.29, 0.717) is 12.3 Å². The van der Waals surface area contributed by atoms with Crippen molar-refractivity contribution in [1.82, 2.24) is 10.0 Å². The summed E-state index contributed by atoms with van der Waals surface area (Å²) in [5.41, 5.74) is 1.37. The van der Waals surface area contributed by atoms with Crippen molar-refractivity contribution in [2.45, 2.75) is 46.1 Å². The molecule has 7 nitrogen and oxygen atoms in total. The van der Waals surface area contributed by atoms with Gasteiger partial charge in [0.15, 0.2) is 5.82 Å². The molecule has 2 heterocycles. The molecule has 2 aromatic rings. The van der Waals surface area contributed by atoms with Gasteiger partial charge >= 0.3 is 10.2 Å². The number of benzene rings is 2. The molecule has 2 N–H and O–H groups in total. The zero-order valence-corrected chi connectivity index (χ0v) is 20.0. The molecule has 2 aromatic carbocycles. The van der Waals surface area contributed by atoms with Gasteiger partial charge in [-0.15, -0.1) is 0 Å². The molecule has 2 aliphatic heterocycles. The summed E-state index contributed by atoms with van der Waals surface area (Å²) >= 11 is 0. The van der Waals surface area contributed by atoms with Gasteiger partial charge in [-0.2, -0.15) is 8.42 Å². The highest BCUT2D eigenvalue weighted by molar-refractivity contribution is 7.92. The van der Waals surface area contributed by atoms with Gasteiger partial charge in [-0.05, 0) is 61.5 Å². The summed E-state index contributed by atoms with van der Waals surface area (Å²) in [6, 6.07) is 12.4. The van der Waals surface area contributed by atoms with E-state index in [2.05, 4.69) is 5.32 Å². The lowest BCUT2D eigenvalue weighted by atomic mass is 9.94. The van der Waals surface area contributed by atoms with Crippen LogP contribution in [-0.2, 0) is 28.0 Å². The smallest absolute Gasteiger partial charge is 0.326 e. The summed E-state index contributed by atoms with van der Waals surface area (Å²) in [6.45, 7) is 5.52. The lowest BCUT2D eigenvalue weighted by molar-refractivity contribution is -0.117. The summed E-state index contributed by atoms with van der Waals surface area (Å²) in [5, 5.41) is 3.41. The minimum Gasteiger partial charge on any atom is -0.487 e. The molecule has 180 valence electrons. The van der Waals surface area contributed by atoms with Crippen molar-refractivity contribution < 1.29 is 22.3 Å². The Morgan fingerprint density at radius 2 is 1.88 bits per heavy atom. The molecule has 1 atom stereocenters. The van der Waals surface area contributed by atoms with Crippen molar-refractivity contribution in [3.8, 4) is 5.75 Å². The van der Waals surface area contributed by atoms with Gasteiger partial charge in [-0.3, -0.25) is 4.79 Å². The first-order valence-corrected chi connectivity index (χ1v) is 12.9. The number of ether oxygens (including phenoxy) is 1. The van der Waals surface area contributed by atoms with Crippen LogP contribution < -0.4 is 19.1 Å². The Kier molecular flexibility index (Phi) is 8.68. The van der Waals surface area contributed by atoms with Gasteiger partial charge in [0.05, 0.1) is 0 Å². The van der Waals surface area contributed by atoms with Gasteiger partial charge in [0.2, 0.25) is 0 Å². The fraction of sp³-hybridized carbons (Fsp3) is 0.458. The first kappa shape index (κ1) is 25.0. The maximum atomic E-state index is 15.3. The third-order valence-electron chi connectivity index (χ3n) is 5.57. The van der Waals surface area contributed by atoms with E-state index in [1.54, 1.807) is 6.07 Å². The van der Waals surface area contributed by atoms with Crippen molar-refractivity contribution in [1.29, 1.82) is 0 Å². The zero-order valence-electron chi connectivity index (χ0n) is 19.1. The highest BCUT2D eigenvalue weighted by atomic mass is 32.2. The summed E-state index contributed by atoms with van der Waals surface area (Å²) in [5.74, 6) is -0.946. The maximum Gasteiger partial charge on any atom is 0.326 e. The average Bonchev–Trinajstić information content (AvgIpc) is 2.95. The predicted octanol–water partition coefficient (Wildman–Crippen LogP) is 3.54. The minimum absolute atomic E-state index is 0.112. The van der Waals surface area contributed by atoms with Crippen LogP contribution >= 0.6 is 0 Å². The minimum atomic E-state index is -4.16. The number of hydrogen-bond acceptors (Lipinski definition) is 5. The van der Waals surface area contributed by atoms with Gasteiger partial charge in [0.1, 0.15) is 24.6 Å². The molecule has 0 bridgehead atoms. The van der Waals surface area contributed by atoms with Crippen LogP contribution in [0, 0.1) is 11.7 Å². The predicted molar refractivity (Wildman–Crippen MR) is 127 cm³/mol. The fourth-order valence-corrected chi connectivity index (χ4v) is 5.24. The second-order valence-corrected chi connectivity index (χ2v) is 9.60. The largest absolute Gasteiger partial charge is 0.487 e. The van der Waals surface area contributed by atoms with E-state index in [1.807, 2.05) is 48.9 Å². The number of carbonyl (C=O) groups is 1. The zero-order chi connectivity index (χ0) is 23.8. The van der Waals surface area contributed by atoms with E-state index in [4.69, 9.17) is 4.74 Å². The van der Waals surface area contributed by atoms with Crippen LogP contribution in [0.2, 0.25) is 0 Å². The highest BCUT2D eigenvalue weighted by Crippen LogP contribution is 2.37. The summed E-state index contributed by atoms with van der Waals surface area (Å²) < 4.78 is 48.5. The quantitative estimate of drug-likeness (QED) is 0.665. The molecule has 0 radical (unpaired) electrons. The van der Waals surface area contributed by atoms with Gasteiger partial charge in [0, 0.05) is 0 Å². The molecule has 4 rings (SSSR count). The van der Waals surface area contributed by atoms with Gasteiger partial charge < -0.3 is 10.1 Å². The van der Waals surface area contributed by atoms with E-state index in [-0.39, 0.29) is 18.0 Å². The lowest BCUT2D eigenvalue weighted by Gasteiger charge is -2.22. The van der Waals surface area contributed by atoms with Gasteiger partial charge in [-0.25, -0.2) is 13.4 Å². The Hall–Kier alpha value is -2.65. The normalized spacial score (nSPS) is 19.8. The molecule has 0 aliphatic carbocycles. The monoisotopic (exact) mass is 477 g/mol.